The number of phenolic OH excluding ortho intramolecular Hbond substituents is 2. The molecule has 1 fully saturated rings. The van der Waals surface area contributed by atoms with Crippen molar-refractivity contribution >= 4 is 35.5 Å². The molecule has 2 aliphatic rings. The van der Waals surface area contributed by atoms with Gasteiger partial charge in [0.2, 0.25) is 11.8 Å². The lowest BCUT2D eigenvalue weighted by Crippen LogP contribution is -2.56. The number of phenols is 2. The van der Waals surface area contributed by atoms with Gasteiger partial charge in [-0.3, -0.25) is 14.5 Å². The quantitative estimate of drug-likeness (QED) is 0.376. The lowest BCUT2D eigenvalue weighted by Gasteiger charge is -2.27. The lowest BCUT2D eigenvalue weighted by atomic mass is 10.1. The van der Waals surface area contributed by atoms with Gasteiger partial charge >= 0.3 is 11.9 Å². The number of fused-ring (bicyclic) bond motifs is 1. The summed E-state index contributed by atoms with van der Waals surface area (Å²) in [7, 11) is 1.18. The van der Waals surface area contributed by atoms with Crippen LogP contribution in [0.15, 0.2) is 12.1 Å². The van der Waals surface area contributed by atoms with Crippen molar-refractivity contribution in [3.63, 3.8) is 0 Å². The summed E-state index contributed by atoms with van der Waals surface area (Å²) in [6.45, 7) is 1.59. The molecule has 3 rings (SSSR count). The first-order valence-electron chi connectivity index (χ1n) is 10.6. The minimum atomic E-state index is -1.29. The first kappa shape index (κ1) is 25.6. The topological polar surface area (TPSA) is 164 Å². The number of carbonyl (C=O) groups is 4. The Morgan fingerprint density at radius 3 is 2.71 bits per heavy atom. The number of benzene rings is 1. The number of morpholine rings is 1. The maximum absolute atomic E-state index is 12.9. The molecule has 13 heteroatoms. The number of esters is 2. The van der Waals surface area contributed by atoms with E-state index in [0.29, 0.717) is 26.3 Å². The molecule has 2 atom stereocenters. The predicted octanol–water partition coefficient (Wildman–Crippen LogP) is -1.02. The van der Waals surface area contributed by atoms with Gasteiger partial charge < -0.3 is 35.1 Å². The zero-order chi connectivity index (χ0) is 24.7. The minimum Gasteiger partial charge on any atom is -0.508 e. The Bertz CT molecular complexity index is 936. The van der Waals surface area contributed by atoms with Crippen LogP contribution in [0.3, 0.4) is 0 Å². The van der Waals surface area contributed by atoms with Crippen LogP contribution in [-0.2, 0) is 34.3 Å². The summed E-state index contributed by atoms with van der Waals surface area (Å²) in [5.41, 5.74) is 0.121. The Morgan fingerprint density at radius 2 is 2.00 bits per heavy atom. The highest BCUT2D eigenvalue weighted by Gasteiger charge is 2.31. The van der Waals surface area contributed by atoms with Crippen LogP contribution < -0.4 is 10.6 Å². The molecule has 1 aromatic rings. The molecule has 0 bridgehead atoms. The van der Waals surface area contributed by atoms with Crippen molar-refractivity contribution in [1.29, 1.82) is 0 Å². The lowest BCUT2D eigenvalue weighted by molar-refractivity contribution is -0.144. The monoisotopic (exact) mass is 497 g/mol. The van der Waals surface area contributed by atoms with Crippen molar-refractivity contribution in [2.75, 3.05) is 52.3 Å². The Balaban J connectivity index is 1.82. The number of hydrogen-bond donors (Lipinski definition) is 4. The van der Waals surface area contributed by atoms with Crippen LogP contribution in [0.2, 0.25) is 0 Å². The van der Waals surface area contributed by atoms with Gasteiger partial charge in [0.1, 0.15) is 30.2 Å². The van der Waals surface area contributed by atoms with Gasteiger partial charge in [0.25, 0.3) is 0 Å². The number of amides is 2. The van der Waals surface area contributed by atoms with Gasteiger partial charge in [0.15, 0.2) is 0 Å². The first-order chi connectivity index (χ1) is 16.3. The molecule has 1 saturated heterocycles. The van der Waals surface area contributed by atoms with Crippen LogP contribution in [0.5, 0.6) is 11.5 Å². The summed E-state index contributed by atoms with van der Waals surface area (Å²) in [6.07, 6.45) is 0. The van der Waals surface area contributed by atoms with Crippen molar-refractivity contribution in [2.24, 2.45) is 0 Å². The third-order valence-corrected chi connectivity index (χ3v) is 6.33. The molecule has 12 nitrogen and oxygen atoms in total. The molecule has 2 aliphatic heterocycles. The van der Waals surface area contributed by atoms with Gasteiger partial charge in [-0.15, -0.1) is 0 Å². The largest absolute Gasteiger partial charge is 0.508 e. The number of thioether (sulfide) groups is 1. The maximum Gasteiger partial charge on any atom is 0.338 e. The van der Waals surface area contributed by atoms with Crippen molar-refractivity contribution < 1.29 is 43.6 Å². The molecule has 1 aromatic carbocycles. The Hall–Kier alpha value is -3.03. The number of hydrogen-bond acceptors (Lipinski definition) is 11. The third kappa shape index (κ3) is 6.74. The fraction of sp³-hybridized carbons (Fsp3) is 0.524. The second-order valence-electron chi connectivity index (χ2n) is 7.70. The highest BCUT2D eigenvalue weighted by Crippen LogP contribution is 2.31. The molecular weight excluding hydrogens is 470 g/mol. The number of carbonyl (C=O) groups excluding carboxylic acids is 4. The predicted molar refractivity (Wildman–Crippen MR) is 119 cm³/mol. The molecule has 0 aromatic heterocycles. The standard InChI is InChI=1S/C21H27N3O9S/c1-31-21(30)16-11-34-10-14-13(6-12(25)7-17(14)26)20(29)33-9-15(19(28)23-16)22-18(27)8-24-2-4-32-5-3-24/h6-7,15-16,25-26H,2-5,8-11H2,1H3,(H,22,27)(H,23,28)/t15-,16-/m0/s1. The van der Waals surface area contributed by atoms with Crippen LogP contribution in [0, 0.1) is 0 Å². The molecule has 2 heterocycles. The van der Waals surface area contributed by atoms with E-state index in [1.165, 1.54) is 7.11 Å². The van der Waals surface area contributed by atoms with Gasteiger partial charge in [-0.05, 0) is 6.07 Å². The van der Waals surface area contributed by atoms with Crippen molar-refractivity contribution in [3.8, 4) is 11.5 Å². The van der Waals surface area contributed by atoms with Gasteiger partial charge in [0.05, 0.1) is 32.4 Å². The number of rotatable bonds is 4. The van der Waals surface area contributed by atoms with Gasteiger partial charge in [-0.2, -0.15) is 11.8 Å². The van der Waals surface area contributed by atoms with Gasteiger partial charge in [0, 0.05) is 36.2 Å². The number of aromatic hydroxyl groups is 2. The molecule has 4 N–H and O–H groups in total. The Kier molecular flexibility index (Phi) is 8.96. The minimum absolute atomic E-state index is 0.0158. The van der Waals surface area contributed by atoms with Crippen LogP contribution in [0.1, 0.15) is 15.9 Å². The summed E-state index contributed by atoms with van der Waals surface area (Å²) in [5.74, 6) is -3.25. The van der Waals surface area contributed by atoms with Crippen molar-refractivity contribution in [2.45, 2.75) is 17.8 Å². The number of ether oxygens (including phenoxy) is 3. The summed E-state index contributed by atoms with van der Waals surface area (Å²) in [5, 5.41) is 25.1. The van der Waals surface area contributed by atoms with Crippen molar-refractivity contribution in [1.82, 2.24) is 15.5 Å². The van der Waals surface area contributed by atoms with E-state index >= 15 is 0 Å². The Labute approximate surface area is 199 Å². The van der Waals surface area contributed by atoms with Crippen LogP contribution in [0.25, 0.3) is 0 Å². The summed E-state index contributed by atoms with van der Waals surface area (Å²) in [6, 6.07) is -0.0946. The number of nitrogens with one attached hydrogen (secondary N) is 2. The summed E-state index contributed by atoms with van der Waals surface area (Å²) in [4.78, 5) is 52.2. The molecule has 0 saturated carbocycles. The van der Waals surface area contributed by atoms with E-state index in [2.05, 4.69) is 10.6 Å². The zero-order valence-electron chi connectivity index (χ0n) is 18.6. The zero-order valence-corrected chi connectivity index (χ0v) is 19.4. The molecular formula is C21H27N3O9S. The Morgan fingerprint density at radius 1 is 1.26 bits per heavy atom. The SMILES string of the molecule is COC(=O)[C@@H]1CSCc2c(O)cc(O)cc2C(=O)OC[C@H](NC(=O)CN2CCOCC2)C(=O)N1. The number of nitrogens with zero attached hydrogens (tertiary/aromatic N) is 1. The van der Waals surface area contributed by atoms with Crippen molar-refractivity contribution in [3.05, 3.63) is 23.3 Å². The second kappa shape index (κ2) is 11.9. The fourth-order valence-corrected chi connectivity index (χ4v) is 4.54. The van der Waals surface area contributed by atoms with Crippen LogP contribution in [-0.4, -0.2) is 103 Å². The second-order valence-corrected chi connectivity index (χ2v) is 8.73. The normalized spacial score (nSPS) is 22.3. The van der Waals surface area contributed by atoms with E-state index in [9.17, 15) is 29.4 Å². The van der Waals surface area contributed by atoms with E-state index in [1.54, 1.807) is 0 Å². The van der Waals surface area contributed by atoms with Gasteiger partial charge in [-0.25, -0.2) is 9.59 Å². The van der Waals surface area contributed by atoms with Crippen LogP contribution >= 0.6 is 11.8 Å². The average molecular weight is 498 g/mol. The summed E-state index contributed by atoms with van der Waals surface area (Å²) >= 11 is 1.15. The highest BCUT2D eigenvalue weighted by atomic mass is 32.2. The van der Waals surface area contributed by atoms with Crippen LogP contribution in [0.4, 0.5) is 0 Å². The van der Waals surface area contributed by atoms with E-state index < -0.39 is 42.4 Å². The highest BCUT2D eigenvalue weighted by molar-refractivity contribution is 7.98. The van der Waals surface area contributed by atoms with Gasteiger partial charge in [-0.1, -0.05) is 0 Å². The number of methoxy groups -OCH3 is 1. The van der Waals surface area contributed by atoms with E-state index in [4.69, 9.17) is 14.2 Å². The first-order valence-corrected chi connectivity index (χ1v) is 11.7. The average Bonchev–Trinajstić information content (AvgIpc) is 2.81. The van der Waals surface area contributed by atoms with E-state index in [-0.39, 0.29) is 40.7 Å². The fourth-order valence-electron chi connectivity index (χ4n) is 3.46. The molecule has 0 radical (unpaired) electrons. The number of cyclic esters (lactones) is 1. The third-order valence-electron chi connectivity index (χ3n) is 5.27. The smallest absolute Gasteiger partial charge is 0.338 e. The molecule has 0 unspecified atom stereocenters. The maximum atomic E-state index is 12.9. The van der Waals surface area contributed by atoms with E-state index in [1.807, 2.05) is 4.90 Å². The summed E-state index contributed by atoms with van der Waals surface area (Å²) < 4.78 is 15.3. The molecule has 2 amide bonds. The molecule has 0 aliphatic carbocycles. The van der Waals surface area contributed by atoms with E-state index in [0.717, 1.165) is 23.9 Å². The molecule has 34 heavy (non-hydrogen) atoms. The molecule has 186 valence electrons. The molecule has 0 spiro atoms.